The van der Waals surface area contributed by atoms with Crippen molar-refractivity contribution in [3.05, 3.63) is 52.0 Å². The average Bonchev–Trinajstić information content (AvgIpc) is 2.66. The van der Waals surface area contributed by atoms with Crippen molar-refractivity contribution < 1.29 is 52.7 Å². The first-order chi connectivity index (χ1) is 14.8. The van der Waals surface area contributed by atoms with Crippen LogP contribution in [0.5, 0.6) is 0 Å². The van der Waals surface area contributed by atoms with Gasteiger partial charge in [0.2, 0.25) is 0 Å². The molecular formula is C18H5BrF12NS. The van der Waals surface area contributed by atoms with Crippen molar-refractivity contribution in [2.75, 3.05) is 0 Å². The molecule has 15 heteroatoms. The van der Waals surface area contributed by atoms with E-state index in [4.69, 9.17) is 5.26 Å². The van der Waals surface area contributed by atoms with E-state index < -0.39 is 67.3 Å². The Labute approximate surface area is 189 Å². The number of nitrogens with zero attached hydrogens (tertiary/aromatic N) is 1. The zero-order chi connectivity index (χ0) is 25.6. The number of hydrogen-bond donors (Lipinski definition) is 0. The molecule has 0 saturated heterocycles. The van der Waals surface area contributed by atoms with Crippen LogP contribution in [-0.2, 0) is 5.67 Å². The molecule has 0 aliphatic heterocycles. The summed E-state index contributed by atoms with van der Waals surface area (Å²) in [5.74, 6) is -7.21. The van der Waals surface area contributed by atoms with Crippen LogP contribution in [0.4, 0.5) is 52.7 Å². The second-order valence-corrected chi connectivity index (χ2v) is 8.05. The molecule has 0 heterocycles. The predicted molar refractivity (Wildman–Crippen MR) is 94.9 cm³/mol. The molecule has 0 aliphatic rings. The van der Waals surface area contributed by atoms with Gasteiger partial charge in [0.15, 0.2) is 0 Å². The van der Waals surface area contributed by atoms with Crippen LogP contribution in [0.1, 0.15) is 11.1 Å². The number of alkyl halides is 12. The Kier molecular flexibility index (Phi) is 7.09. The van der Waals surface area contributed by atoms with E-state index in [1.54, 1.807) is 6.07 Å². The van der Waals surface area contributed by atoms with Gasteiger partial charge in [-0.15, -0.1) is 0 Å². The molecule has 1 nitrogen and oxygen atoms in total. The number of hydrogen-bond acceptors (Lipinski definition) is 2. The van der Waals surface area contributed by atoms with Gasteiger partial charge in [0.1, 0.15) is 0 Å². The number of benzene rings is 2. The summed E-state index contributed by atoms with van der Waals surface area (Å²) in [7, 11) is 0. The van der Waals surface area contributed by atoms with Crippen LogP contribution in [0.3, 0.4) is 0 Å². The number of thioether (sulfide) groups is 1. The topological polar surface area (TPSA) is 23.8 Å². The van der Waals surface area contributed by atoms with Gasteiger partial charge >= 0.3 is 29.5 Å². The van der Waals surface area contributed by atoms with Crippen LogP contribution >= 0.6 is 27.7 Å². The number of rotatable bonds is 4. The van der Waals surface area contributed by atoms with E-state index in [9.17, 15) is 48.3 Å². The quantitative estimate of drug-likeness (QED) is 0.271. The molecular weight excluding hydrogens is 570 g/mol. The summed E-state index contributed by atoms with van der Waals surface area (Å²) in [5.41, 5.74) is -17.0. The highest BCUT2D eigenvalue weighted by Crippen LogP contribution is 2.62. The summed E-state index contributed by atoms with van der Waals surface area (Å²) in [6.45, 7) is 0. The van der Waals surface area contributed by atoms with Gasteiger partial charge in [-0.25, -0.2) is 4.39 Å². The molecule has 2 rings (SSSR count). The fourth-order valence-electron chi connectivity index (χ4n) is 2.68. The molecule has 33 heavy (non-hydrogen) atoms. The second kappa shape index (κ2) is 8.61. The Morgan fingerprint density at radius 2 is 1.33 bits per heavy atom. The molecule has 1 atom stereocenters. The standard InChI is InChI=1S/C18H5BrF12NS/c19-11-6-5-10(9-3-1-8(7-32)2-4-9)12(13(11)33-18(29,30)31)14(20,16(23,24)25)15(21,22)17(26,27)28/h1-5H. The zero-order valence-electron chi connectivity index (χ0n) is 15.2. The largest absolute Gasteiger partial charge is 0.457 e. The van der Waals surface area contributed by atoms with Crippen molar-refractivity contribution in [3.8, 4) is 17.2 Å². The third-order valence-corrected chi connectivity index (χ3v) is 5.84. The van der Waals surface area contributed by atoms with Gasteiger partial charge in [0, 0.05) is 14.9 Å². The molecule has 0 aromatic heterocycles. The van der Waals surface area contributed by atoms with Gasteiger partial charge in [0.05, 0.1) is 11.6 Å². The Balaban J connectivity index is 3.11. The lowest BCUT2D eigenvalue weighted by Crippen LogP contribution is -2.60. The smallest absolute Gasteiger partial charge is 0.221 e. The van der Waals surface area contributed by atoms with E-state index in [2.05, 4.69) is 15.9 Å². The van der Waals surface area contributed by atoms with Gasteiger partial charge in [0.25, 0.3) is 0 Å². The van der Waals surface area contributed by atoms with Crippen molar-refractivity contribution in [2.24, 2.45) is 0 Å². The predicted octanol–water partition coefficient (Wildman–Crippen LogP) is 8.32. The minimum Gasteiger partial charge on any atom is -0.221 e. The summed E-state index contributed by atoms with van der Waals surface area (Å²) in [6.07, 6.45) is -14.2. The van der Waals surface area contributed by atoms with Crippen molar-refractivity contribution in [1.82, 2.24) is 0 Å². The lowest BCUT2D eigenvalue weighted by Gasteiger charge is -2.38. The van der Waals surface area contributed by atoms with E-state index in [-0.39, 0.29) is 5.56 Å². The molecule has 0 saturated carbocycles. The number of nitriles is 1. The maximum absolute atomic E-state index is 15.3. The molecule has 2 aromatic carbocycles. The molecule has 0 bridgehead atoms. The van der Waals surface area contributed by atoms with Gasteiger partial charge in [-0.2, -0.15) is 53.6 Å². The first-order valence-electron chi connectivity index (χ1n) is 7.99. The van der Waals surface area contributed by atoms with Crippen LogP contribution in [0.25, 0.3) is 11.1 Å². The minimum absolute atomic E-state index is 0.144. The normalized spacial score (nSPS) is 15.2. The van der Waals surface area contributed by atoms with E-state index in [1.807, 2.05) is 6.07 Å². The van der Waals surface area contributed by atoms with Crippen molar-refractivity contribution >= 4 is 27.7 Å². The van der Waals surface area contributed by atoms with E-state index in [0.29, 0.717) is 6.07 Å². The maximum atomic E-state index is 15.3. The summed E-state index contributed by atoms with van der Waals surface area (Å²) in [4.78, 5) is -1.94. The monoisotopic (exact) mass is 574 g/mol. The van der Waals surface area contributed by atoms with Gasteiger partial charge in [-0.3, -0.25) is 0 Å². The molecule has 1 radical (unpaired) electrons. The van der Waals surface area contributed by atoms with Crippen LogP contribution in [0, 0.1) is 17.4 Å². The highest BCUT2D eigenvalue weighted by Gasteiger charge is 2.82. The Hall–Kier alpha value is -2.08. The molecule has 0 amide bonds. The van der Waals surface area contributed by atoms with E-state index in [0.717, 1.165) is 24.3 Å². The van der Waals surface area contributed by atoms with E-state index in [1.165, 1.54) is 0 Å². The molecule has 0 spiro atoms. The Morgan fingerprint density at radius 3 is 1.73 bits per heavy atom. The third-order valence-electron chi connectivity index (χ3n) is 4.11. The average molecular weight is 575 g/mol. The van der Waals surface area contributed by atoms with Crippen molar-refractivity contribution in [3.63, 3.8) is 0 Å². The van der Waals surface area contributed by atoms with Crippen LogP contribution in [0.15, 0.2) is 39.7 Å². The van der Waals surface area contributed by atoms with Crippen molar-refractivity contribution in [1.29, 1.82) is 5.26 Å². The maximum Gasteiger partial charge on any atom is 0.457 e. The summed E-state index contributed by atoms with van der Waals surface area (Å²) in [6, 6.07) is 7.09. The van der Waals surface area contributed by atoms with Crippen LogP contribution < -0.4 is 0 Å². The Bertz CT molecular complexity index is 1070. The fraction of sp³-hybridized carbons (Fsp3) is 0.278. The SMILES string of the molecule is N#Cc1ccc(-c2c[c]c(Br)c(SC(F)(F)F)c2C(F)(C(F)(F)F)C(F)(F)C(F)(F)F)cc1. The highest BCUT2D eigenvalue weighted by atomic mass is 79.9. The summed E-state index contributed by atoms with van der Waals surface area (Å²) >= 11 is 0.795. The lowest BCUT2D eigenvalue weighted by molar-refractivity contribution is -0.389. The highest BCUT2D eigenvalue weighted by molar-refractivity contribution is 9.10. The van der Waals surface area contributed by atoms with Gasteiger partial charge < -0.3 is 0 Å². The lowest BCUT2D eigenvalue weighted by atomic mass is 9.82. The summed E-state index contributed by atoms with van der Waals surface area (Å²) < 4.78 is 161. The van der Waals surface area contributed by atoms with E-state index >= 15 is 4.39 Å². The molecule has 0 N–H and O–H groups in total. The minimum atomic E-state index is -7.21. The molecule has 2 aromatic rings. The summed E-state index contributed by atoms with van der Waals surface area (Å²) in [5, 5.41) is 8.77. The molecule has 179 valence electrons. The third kappa shape index (κ3) is 4.91. The first-order valence-corrected chi connectivity index (χ1v) is 9.60. The van der Waals surface area contributed by atoms with Crippen molar-refractivity contribution in [2.45, 2.75) is 34.3 Å². The number of halogens is 13. The van der Waals surface area contributed by atoms with Gasteiger partial charge in [-0.1, -0.05) is 12.1 Å². The molecule has 0 aliphatic carbocycles. The molecule has 1 unspecified atom stereocenters. The second-order valence-electron chi connectivity index (χ2n) is 6.19. The molecule has 0 fully saturated rings. The Morgan fingerprint density at radius 1 is 0.818 bits per heavy atom. The van der Waals surface area contributed by atoms with Crippen LogP contribution in [0.2, 0.25) is 0 Å². The fourth-order valence-corrected chi connectivity index (χ4v) is 3.97. The van der Waals surface area contributed by atoms with Gasteiger partial charge in [-0.05, 0) is 63.1 Å². The first kappa shape index (κ1) is 27.2. The zero-order valence-corrected chi connectivity index (χ0v) is 17.6. The van der Waals surface area contributed by atoms with Crippen LogP contribution in [-0.4, -0.2) is 23.8 Å².